The highest BCUT2D eigenvalue weighted by Crippen LogP contribution is 2.22. The van der Waals surface area contributed by atoms with Gasteiger partial charge in [0.1, 0.15) is 0 Å². The summed E-state index contributed by atoms with van der Waals surface area (Å²) in [7, 11) is 0. The molecule has 2 nitrogen and oxygen atoms in total. The molecule has 0 aromatic heterocycles. The Labute approximate surface area is 117 Å². The Morgan fingerprint density at radius 2 is 1.89 bits per heavy atom. The van der Waals surface area contributed by atoms with Gasteiger partial charge in [-0.2, -0.15) is 0 Å². The van der Waals surface area contributed by atoms with E-state index in [1.54, 1.807) is 0 Å². The maximum Gasteiger partial charge on any atom is 0.0699 e. The maximum absolute atomic E-state index is 5.77. The molecule has 1 fully saturated rings. The Morgan fingerprint density at radius 3 is 2.58 bits per heavy atom. The van der Waals surface area contributed by atoms with Crippen LogP contribution in [-0.2, 0) is 4.74 Å². The van der Waals surface area contributed by atoms with Crippen molar-refractivity contribution in [2.24, 2.45) is 0 Å². The van der Waals surface area contributed by atoms with Crippen molar-refractivity contribution in [1.82, 2.24) is 5.32 Å². The van der Waals surface area contributed by atoms with E-state index in [0.29, 0.717) is 12.1 Å². The topological polar surface area (TPSA) is 21.3 Å². The fraction of sp³-hybridized carbons (Fsp3) is 0.647. The first-order valence-electron chi connectivity index (χ1n) is 7.50. The van der Waals surface area contributed by atoms with Crippen LogP contribution in [0.15, 0.2) is 12.1 Å². The van der Waals surface area contributed by atoms with Gasteiger partial charge < -0.3 is 10.1 Å². The summed E-state index contributed by atoms with van der Waals surface area (Å²) >= 11 is 0. The molecule has 106 valence electrons. The van der Waals surface area contributed by atoms with Crippen LogP contribution in [0.1, 0.15) is 54.5 Å². The summed E-state index contributed by atoms with van der Waals surface area (Å²) in [6, 6.07) is 5.01. The van der Waals surface area contributed by atoms with E-state index in [4.69, 9.17) is 4.74 Å². The Balaban J connectivity index is 1.95. The van der Waals surface area contributed by atoms with Gasteiger partial charge in [0.25, 0.3) is 0 Å². The van der Waals surface area contributed by atoms with E-state index in [-0.39, 0.29) is 0 Å². The van der Waals surface area contributed by atoms with E-state index in [9.17, 15) is 0 Å². The SMILES string of the molecule is Cc1cc(C)c(C(C)NCC2CCCCO2)cc1C. The summed E-state index contributed by atoms with van der Waals surface area (Å²) in [5.41, 5.74) is 5.55. The Morgan fingerprint density at radius 1 is 1.16 bits per heavy atom. The van der Waals surface area contributed by atoms with Crippen molar-refractivity contribution < 1.29 is 4.74 Å². The zero-order chi connectivity index (χ0) is 13.8. The first kappa shape index (κ1) is 14.5. The molecule has 2 heteroatoms. The van der Waals surface area contributed by atoms with Crippen LogP contribution in [0.4, 0.5) is 0 Å². The van der Waals surface area contributed by atoms with E-state index in [2.05, 4.69) is 45.1 Å². The lowest BCUT2D eigenvalue weighted by atomic mass is 9.96. The minimum atomic E-state index is 0.393. The molecule has 1 N–H and O–H groups in total. The molecule has 1 aromatic rings. The van der Waals surface area contributed by atoms with Gasteiger partial charge in [-0.15, -0.1) is 0 Å². The summed E-state index contributed by atoms with van der Waals surface area (Å²) in [5, 5.41) is 3.63. The molecular weight excluding hydrogens is 234 g/mol. The molecule has 0 radical (unpaired) electrons. The largest absolute Gasteiger partial charge is 0.377 e. The van der Waals surface area contributed by atoms with Crippen LogP contribution >= 0.6 is 0 Å². The number of ether oxygens (including phenoxy) is 1. The normalized spacial score (nSPS) is 21.4. The number of aryl methyl sites for hydroxylation is 3. The second-order valence-corrected chi connectivity index (χ2v) is 5.91. The highest BCUT2D eigenvalue weighted by Gasteiger charge is 2.16. The molecule has 2 atom stereocenters. The van der Waals surface area contributed by atoms with Gasteiger partial charge in [0.05, 0.1) is 6.10 Å². The van der Waals surface area contributed by atoms with Gasteiger partial charge in [-0.25, -0.2) is 0 Å². The second-order valence-electron chi connectivity index (χ2n) is 5.91. The van der Waals surface area contributed by atoms with Crippen molar-refractivity contribution in [2.75, 3.05) is 13.2 Å². The van der Waals surface area contributed by atoms with Crippen LogP contribution in [0.2, 0.25) is 0 Å². The van der Waals surface area contributed by atoms with Crippen molar-refractivity contribution in [3.8, 4) is 0 Å². The molecule has 1 heterocycles. The Kier molecular flexibility index (Phi) is 5.00. The number of hydrogen-bond acceptors (Lipinski definition) is 2. The summed E-state index contributed by atoms with van der Waals surface area (Å²) in [5.74, 6) is 0. The standard InChI is InChI=1S/C17H27NO/c1-12-9-14(3)17(10-13(12)2)15(4)18-11-16-7-5-6-8-19-16/h9-10,15-16,18H,5-8,11H2,1-4H3. The molecular formula is C17H27NO. The highest BCUT2D eigenvalue weighted by atomic mass is 16.5. The molecule has 0 bridgehead atoms. The predicted octanol–water partition coefficient (Wildman–Crippen LogP) is 3.83. The molecule has 1 aliphatic rings. The van der Waals surface area contributed by atoms with E-state index in [0.717, 1.165) is 13.2 Å². The van der Waals surface area contributed by atoms with Crippen molar-refractivity contribution in [2.45, 2.75) is 59.1 Å². The third kappa shape index (κ3) is 3.80. The number of nitrogens with one attached hydrogen (secondary N) is 1. The molecule has 0 spiro atoms. The van der Waals surface area contributed by atoms with Crippen molar-refractivity contribution >= 4 is 0 Å². The third-order valence-electron chi connectivity index (χ3n) is 4.27. The van der Waals surface area contributed by atoms with Gasteiger partial charge in [0.15, 0.2) is 0 Å². The first-order valence-corrected chi connectivity index (χ1v) is 7.50. The molecule has 19 heavy (non-hydrogen) atoms. The van der Waals surface area contributed by atoms with Gasteiger partial charge in [0.2, 0.25) is 0 Å². The molecule has 0 saturated carbocycles. The lowest BCUT2D eigenvalue weighted by Gasteiger charge is -2.25. The summed E-state index contributed by atoms with van der Waals surface area (Å²) in [6.45, 7) is 10.7. The molecule has 0 aliphatic carbocycles. The average molecular weight is 261 g/mol. The lowest BCUT2D eigenvalue weighted by molar-refractivity contribution is 0.0156. The van der Waals surface area contributed by atoms with Crippen LogP contribution in [0.25, 0.3) is 0 Å². The van der Waals surface area contributed by atoms with Gasteiger partial charge in [-0.1, -0.05) is 12.1 Å². The molecule has 1 saturated heterocycles. The van der Waals surface area contributed by atoms with Gasteiger partial charge in [-0.05, 0) is 69.2 Å². The predicted molar refractivity (Wildman–Crippen MR) is 80.7 cm³/mol. The van der Waals surface area contributed by atoms with Crippen molar-refractivity contribution in [3.63, 3.8) is 0 Å². The number of hydrogen-bond donors (Lipinski definition) is 1. The summed E-state index contributed by atoms with van der Waals surface area (Å²) in [4.78, 5) is 0. The minimum Gasteiger partial charge on any atom is -0.377 e. The number of benzene rings is 1. The number of rotatable bonds is 4. The first-order chi connectivity index (χ1) is 9.08. The highest BCUT2D eigenvalue weighted by molar-refractivity contribution is 5.38. The minimum absolute atomic E-state index is 0.393. The fourth-order valence-electron chi connectivity index (χ4n) is 2.84. The molecule has 2 unspecified atom stereocenters. The quantitative estimate of drug-likeness (QED) is 0.889. The summed E-state index contributed by atoms with van der Waals surface area (Å²) < 4.78 is 5.77. The molecule has 1 aromatic carbocycles. The Bertz CT molecular complexity index is 422. The van der Waals surface area contributed by atoms with Crippen LogP contribution in [0.3, 0.4) is 0 Å². The molecule has 0 amide bonds. The van der Waals surface area contributed by atoms with Crippen molar-refractivity contribution in [3.05, 3.63) is 34.4 Å². The zero-order valence-electron chi connectivity index (χ0n) is 12.8. The molecule has 1 aliphatic heterocycles. The smallest absolute Gasteiger partial charge is 0.0699 e. The van der Waals surface area contributed by atoms with Gasteiger partial charge >= 0.3 is 0 Å². The summed E-state index contributed by atoms with van der Waals surface area (Å²) in [6.07, 6.45) is 4.14. The van der Waals surface area contributed by atoms with E-state index >= 15 is 0 Å². The monoisotopic (exact) mass is 261 g/mol. The Hall–Kier alpha value is -0.860. The van der Waals surface area contributed by atoms with E-state index in [1.165, 1.54) is 41.5 Å². The van der Waals surface area contributed by atoms with Crippen LogP contribution < -0.4 is 5.32 Å². The van der Waals surface area contributed by atoms with E-state index in [1.807, 2.05) is 0 Å². The molecule has 2 rings (SSSR count). The van der Waals surface area contributed by atoms with Gasteiger partial charge in [0, 0.05) is 19.2 Å². The average Bonchev–Trinajstić information content (AvgIpc) is 2.41. The van der Waals surface area contributed by atoms with Crippen LogP contribution in [0, 0.1) is 20.8 Å². The maximum atomic E-state index is 5.77. The van der Waals surface area contributed by atoms with E-state index < -0.39 is 0 Å². The zero-order valence-corrected chi connectivity index (χ0v) is 12.8. The van der Waals surface area contributed by atoms with Crippen LogP contribution in [-0.4, -0.2) is 19.3 Å². The van der Waals surface area contributed by atoms with Gasteiger partial charge in [-0.3, -0.25) is 0 Å². The van der Waals surface area contributed by atoms with Crippen LogP contribution in [0.5, 0.6) is 0 Å². The second kappa shape index (κ2) is 6.53. The third-order valence-corrected chi connectivity index (χ3v) is 4.27. The lowest BCUT2D eigenvalue weighted by Crippen LogP contribution is -2.33. The van der Waals surface area contributed by atoms with Crippen molar-refractivity contribution in [1.29, 1.82) is 0 Å². The fourth-order valence-corrected chi connectivity index (χ4v) is 2.84.